The first-order chi connectivity index (χ1) is 6.68. The summed E-state index contributed by atoms with van der Waals surface area (Å²) < 4.78 is 0. The van der Waals surface area contributed by atoms with E-state index in [2.05, 4.69) is 0 Å². The Balaban J connectivity index is 2.48. The molecule has 1 aromatic carbocycles. The van der Waals surface area contributed by atoms with Crippen LogP contribution in [0.2, 0.25) is 0 Å². The molecule has 0 heterocycles. The largest absolute Gasteiger partial charge is 0.393 e. The lowest BCUT2D eigenvalue weighted by atomic mass is 10.1. The summed E-state index contributed by atoms with van der Waals surface area (Å²) in [5.74, 6) is 0. The van der Waals surface area contributed by atoms with E-state index in [1.54, 1.807) is 13.0 Å². The van der Waals surface area contributed by atoms with Crippen LogP contribution in [0.5, 0.6) is 0 Å². The number of hydrogen-bond donors (Lipinski definition) is 2. The van der Waals surface area contributed by atoms with Crippen LogP contribution >= 0.6 is 0 Å². The summed E-state index contributed by atoms with van der Waals surface area (Å²) in [5, 5.41) is 18.5. The fraction of sp³-hybridized carbons (Fsp3) is 0.333. The molecule has 2 nitrogen and oxygen atoms in total. The molecule has 1 rings (SSSR count). The highest BCUT2D eigenvalue weighted by Crippen LogP contribution is 2.05. The maximum absolute atomic E-state index is 9.43. The van der Waals surface area contributed by atoms with Crippen molar-refractivity contribution in [3.8, 4) is 0 Å². The molecule has 0 aliphatic rings. The van der Waals surface area contributed by atoms with Crippen molar-refractivity contribution in [1.29, 1.82) is 0 Å². The van der Waals surface area contributed by atoms with E-state index in [-0.39, 0.29) is 0 Å². The van der Waals surface area contributed by atoms with E-state index in [0.29, 0.717) is 6.42 Å². The average molecular weight is 192 g/mol. The Labute approximate surface area is 84.5 Å². The predicted molar refractivity (Wildman–Crippen MR) is 57.8 cm³/mol. The van der Waals surface area contributed by atoms with Crippen LogP contribution in [0.1, 0.15) is 18.9 Å². The third-order valence-corrected chi connectivity index (χ3v) is 1.89. The standard InChI is InChI=1S/C12H16O2/c1-10(13)9-12(14)8-7-11-5-3-2-4-6-11/h2-8,10,12-14H,9H2,1H3/b8-7-/t10-,12-/m0/s1. The van der Waals surface area contributed by atoms with E-state index in [4.69, 9.17) is 5.11 Å². The number of hydrogen-bond acceptors (Lipinski definition) is 2. The molecule has 0 aliphatic carbocycles. The molecular weight excluding hydrogens is 176 g/mol. The molecule has 0 spiro atoms. The molecule has 0 aromatic heterocycles. The third kappa shape index (κ3) is 4.21. The van der Waals surface area contributed by atoms with Crippen LogP contribution in [-0.4, -0.2) is 22.4 Å². The molecule has 0 saturated carbocycles. The summed E-state index contributed by atoms with van der Waals surface area (Å²) in [7, 11) is 0. The average Bonchev–Trinajstić information content (AvgIpc) is 2.15. The Morgan fingerprint density at radius 2 is 1.86 bits per heavy atom. The van der Waals surface area contributed by atoms with Crippen molar-refractivity contribution >= 4 is 6.08 Å². The van der Waals surface area contributed by atoms with E-state index in [9.17, 15) is 5.11 Å². The summed E-state index contributed by atoms with van der Waals surface area (Å²) in [6, 6.07) is 9.77. The van der Waals surface area contributed by atoms with Gasteiger partial charge in [-0.3, -0.25) is 0 Å². The van der Waals surface area contributed by atoms with E-state index >= 15 is 0 Å². The van der Waals surface area contributed by atoms with Crippen molar-refractivity contribution in [2.45, 2.75) is 25.6 Å². The van der Waals surface area contributed by atoms with Crippen molar-refractivity contribution in [2.75, 3.05) is 0 Å². The molecule has 0 saturated heterocycles. The van der Waals surface area contributed by atoms with Crippen molar-refractivity contribution in [1.82, 2.24) is 0 Å². The zero-order valence-corrected chi connectivity index (χ0v) is 8.30. The molecule has 2 N–H and O–H groups in total. The summed E-state index contributed by atoms with van der Waals surface area (Å²) in [5.41, 5.74) is 1.05. The first-order valence-electron chi connectivity index (χ1n) is 4.78. The molecule has 2 atom stereocenters. The fourth-order valence-corrected chi connectivity index (χ4v) is 1.21. The van der Waals surface area contributed by atoms with E-state index < -0.39 is 12.2 Å². The second-order valence-electron chi connectivity index (χ2n) is 3.42. The van der Waals surface area contributed by atoms with Crippen molar-refractivity contribution in [3.63, 3.8) is 0 Å². The lowest BCUT2D eigenvalue weighted by molar-refractivity contribution is 0.117. The SMILES string of the molecule is C[C@H](O)C[C@@H](O)/C=C\c1ccccc1. The van der Waals surface area contributed by atoms with E-state index in [0.717, 1.165) is 5.56 Å². The van der Waals surface area contributed by atoms with Crippen molar-refractivity contribution in [3.05, 3.63) is 42.0 Å². The van der Waals surface area contributed by atoms with Crippen LogP contribution in [-0.2, 0) is 0 Å². The monoisotopic (exact) mass is 192 g/mol. The topological polar surface area (TPSA) is 40.5 Å². The van der Waals surface area contributed by atoms with Gasteiger partial charge < -0.3 is 10.2 Å². The first kappa shape index (κ1) is 11.0. The molecule has 1 aromatic rings. The Morgan fingerprint density at radius 3 is 2.43 bits per heavy atom. The Hall–Kier alpha value is -1.12. The minimum atomic E-state index is -0.574. The zero-order chi connectivity index (χ0) is 10.4. The predicted octanol–water partition coefficient (Wildman–Crippen LogP) is 1.83. The van der Waals surface area contributed by atoms with Crippen molar-refractivity contribution in [2.24, 2.45) is 0 Å². The summed E-state index contributed by atoms with van der Waals surface area (Å²) in [6.45, 7) is 1.67. The van der Waals surface area contributed by atoms with E-state index in [1.807, 2.05) is 36.4 Å². The third-order valence-electron chi connectivity index (χ3n) is 1.89. The van der Waals surface area contributed by atoms with Crippen LogP contribution in [0.4, 0.5) is 0 Å². The van der Waals surface area contributed by atoms with Gasteiger partial charge in [0.2, 0.25) is 0 Å². The van der Waals surface area contributed by atoms with Gasteiger partial charge in [-0.1, -0.05) is 42.5 Å². The maximum atomic E-state index is 9.43. The molecule has 0 unspecified atom stereocenters. The van der Waals surface area contributed by atoms with Crippen LogP contribution in [0.15, 0.2) is 36.4 Å². The normalized spacial score (nSPS) is 15.6. The Morgan fingerprint density at radius 1 is 1.21 bits per heavy atom. The minimum Gasteiger partial charge on any atom is -0.393 e. The molecule has 0 radical (unpaired) electrons. The van der Waals surface area contributed by atoms with Gasteiger partial charge in [-0.15, -0.1) is 0 Å². The van der Waals surface area contributed by atoms with E-state index in [1.165, 1.54) is 0 Å². The molecule has 14 heavy (non-hydrogen) atoms. The number of aliphatic hydroxyl groups excluding tert-OH is 2. The first-order valence-corrected chi connectivity index (χ1v) is 4.78. The smallest absolute Gasteiger partial charge is 0.0748 e. The van der Waals surface area contributed by atoms with Crippen LogP contribution in [0.25, 0.3) is 6.08 Å². The van der Waals surface area contributed by atoms with Crippen LogP contribution < -0.4 is 0 Å². The summed E-state index contributed by atoms with van der Waals surface area (Å²) in [6.07, 6.45) is 2.89. The zero-order valence-electron chi connectivity index (χ0n) is 8.30. The highest BCUT2D eigenvalue weighted by molar-refractivity contribution is 5.49. The molecule has 0 aliphatic heterocycles. The molecule has 0 fully saturated rings. The molecular formula is C12H16O2. The highest BCUT2D eigenvalue weighted by Gasteiger charge is 2.02. The lowest BCUT2D eigenvalue weighted by Crippen LogP contribution is -2.11. The number of aliphatic hydroxyl groups is 2. The Bertz CT molecular complexity index is 278. The minimum absolute atomic E-state index is 0.378. The van der Waals surface area contributed by atoms with Gasteiger partial charge in [0.1, 0.15) is 0 Å². The van der Waals surface area contributed by atoms with Gasteiger partial charge in [0.05, 0.1) is 12.2 Å². The number of rotatable bonds is 4. The maximum Gasteiger partial charge on any atom is 0.0748 e. The molecule has 0 amide bonds. The summed E-state index contributed by atoms with van der Waals surface area (Å²) >= 11 is 0. The van der Waals surface area contributed by atoms with Gasteiger partial charge in [0.15, 0.2) is 0 Å². The van der Waals surface area contributed by atoms with Gasteiger partial charge in [0.25, 0.3) is 0 Å². The van der Waals surface area contributed by atoms with Crippen LogP contribution in [0.3, 0.4) is 0 Å². The van der Waals surface area contributed by atoms with Crippen LogP contribution in [0, 0.1) is 0 Å². The van der Waals surface area contributed by atoms with Crippen molar-refractivity contribution < 1.29 is 10.2 Å². The summed E-state index contributed by atoms with van der Waals surface area (Å²) in [4.78, 5) is 0. The second-order valence-corrected chi connectivity index (χ2v) is 3.42. The van der Waals surface area contributed by atoms with Gasteiger partial charge in [0, 0.05) is 6.42 Å². The van der Waals surface area contributed by atoms with Gasteiger partial charge in [-0.2, -0.15) is 0 Å². The highest BCUT2D eigenvalue weighted by atomic mass is 16.3. The Kier molecular flexibility index (Phi) is 4.36. The fourth-order valence-electron chi connectivity index (χ4n) is 1.21. The quantitative estimate of drug-likeness (QED) is 0.764. The van der Waals surface area contributed by atoms with Gasteiger partial charge in [-0.05, 0) is 12.5 Å². The molecule has 76 valence electrons. The molecule has 0 bridgehead atoms. The molecule has 2 heteroatoms. The number of benzene rings is 1. The second kappa shape index (κ2) is 5.58. The van der Waals surface area contributed by atoms with Gasteiger partial charge in [-0.25, -0.2) is 0 Å². The lowest BCUT2D eigenvalue weighted by Gasteiger charge is -2.07. The van der Waals surface area contributed by atoms with Gasteiger partial charge >= 0.3 is 0 Å².